The Kier molecular flexibility index (Phi) is 4.26. The summed E-state index contributed by atoms with van der Waals surface area (Å²) >= 11 is -0.0132. The number of hydrogen-bond acceptors (Lipinski definition) is 4. The van der Waals surface area contributed by atoms with E-state index in [1.807, 2.05) is 0 Å². The average molecular weight is 378 g/mol. The number of nitrogens with zero attached hydrogens (tertiary/aromatic N) is 2. The van der Waals surface area contributed by atoms with E-state index in [2.05, 4.69) is 4.98 Å². The molecule has 12 heteroatoms. The number of aromatic nitrogens is 2. The molecule has 0 aliphatic rings. The van der Waals surface area contributed by atoms with E-state index in [1.54, 1.807) is 0 Å². The molecule has 4 nitrogen and oxygen atoms in total. The molecule has 2 aromatic rings. The van der Waals surface area contributed by atoms with Gasteiger partial charge in [-0.3, -0.25) is 4.57 Å². The third-order valence-electron chi connectivity index (χ3n) is 2.80. The number of hydrogen-bond donors (Lipinski definition) is 0. The van der Waals surface area contributed by atoms with Gasteiger partial charge in [-0.2, -0.15) is 26.3 Å². The lowest BCUT2D eigenvalue weighted by atomic mass is 10.4. The third-order valence-corrected chi connectivity index (χ3v) is 5.55. The highest BCUT2D eigenvalue weighted by Gasteiger charge is 2.38. The van der Waals surface area contributed by atoms with E-state index >= 15 is 0 Å². The first-order chi connectivity index (χ1) is 10.4. The van der Waals surface area contributed by atoms with Crippen LogP contribution in [0.25, 0.3) is 5.13 Å². The molecule has 23 heavy (non-hydrogen) atoms. The molecule has 0 amide bonds. The zero-order valence-corrected chi connectivity index (χ0v) is 12.9. The van der Waals surface area contributed by atoms with Gasteiger partial charge in [-0.1, -0.05) is 18.3 Å². The van der Waals surface area contributed by atoms with Gasteiger partial charge in [-0.15, -0.1) is 0 Å². The molecule has 0 unspecified atom stereocenters. The van der Waals surface area contributed by atoms with Crippen LogP contribution in [0.2, 0.25) is 0 Å². The summed E-state index contributed by atoms with van der Waals surface area (Å²) in [7, 11) is -3.96. The molecule has 0 atom stereocenters. The Morgan fingerprint density at radius 1 is 1.17 bits per heavy atom. The summed E-state index contributed by atoms with van der Waals surface area (Å²) in [6, 6.07) is 0.382. The van der Waals surface area contributed by atoms with Crippen molar-refractivity contribution in [1.29, 1.82) is 0 Å². The minimum atomic E-state index is -4.95. The SMILES string of the molecule is CCS(=O)(=O)c1cc(C(F)(F)F)n(-c2ncc(C(F)(F)F)s2)c1. The van der Waals surface area contributed by atoms with Gasteiger partial charge in [-0.25, -0.2) is 13.4 Å². The maximum Gasteiger partial charge on any atom is 0.431 e. The molecule has 0 N–H and O–H groups in total. The molecule has 128 valence electrons. The number of thiazole rings is 1. The number of alkyl halides is 6. The second kappa shape index (κ2) is 5.51. The van der Waals surface area contributed by atoms with Crippen molar-refractivity contribution in [2.45, 2.75) is 24.2 Å². The molecule has 0 fully saturated rings. The molecule has 0 radical (unpaired) electrons. The molecular weight excluding hydrogens is 370 g/mol. The highest BCUT2D eigenvalue weighted by molar-refractivity contribution is 7.91. The summed E-state index contributed by atoms with van der Waals surface area (Å²) in [6.45, 7) is 1.24. The fourth-order valence-corrected chi connectivity index (χ4v) is 3.32. The average Bonchev–Trinajstić information content (AvgIpc) is 3.03. The van der Waals surface area contributed by atoms with Crippen molar-refractivity contribution >= 4 is 21.2 Å². The summed E-state index contributed by atoms with van der Waals surface area (Å²) < 4.78 is 100. The predicted molar refractivity (Wildman–Crippen MR) is 69.2 cm³/mol. The van der Waals surface area contributed by atoms with Gasteiger partial charge in [0.25, 0.3) is 0 Å². The topological polar surface area (TPSA) is 52.0 Å². The van der Waals surface area contributed by atoms with E-state index in [1.165, 1.54) is 6.92 Å². The summed E-state index contributed by atoms with van der Waals surface area (Å²) in [4.78, 5) is 1.50. The van der Waals surface area contributed by atoms with Crippen molar-refractivity contribution in [2.24, 2.45) is 0 Å². The largest absolute Gasteiger partial charge is 0.431 e. The monoisotopic (exact) mass is 378 g/mol. The van der Waals surface area contributed by atoms with Crippen molar-refractivity contribution in [1.82, 2.24) is 9.55 Å². The van der Waals surface area contributed by atoms with Crippen LogP contribution in [0.15, 0.2) is 23.4 Å². The Morgan fingerprint density at radius 2 is 1.78 bits per heavy atom. The highest BCUT2D eigenvalue weighted by atomic mass is 32.2. The summed E-state index contributed by atoms with van der Waals surface area (Å²) in [6.07, 6.45) is -8.68. The van der Waals surface area contributed by atoms with Crippen LogP contribution >= 0.6 is 11.3 Å². The van der Waals surface area contributed by atoms with Gasteiger partial charge in [0.05, 0.1) is 16.8 Å². The van der Waals surface area contributed by atoms with Crippen LogP contribution in [0.5, 0.6) is 0 Å². The van der Waals surface area contributed by atoms with E-state index in [9.17, 15) is 34.8 Å². The Balaban J connectivity index is 2.64. The van der Waals surface area contributed by atoms with Gasteiger partial charge in [0, 0.05) is 6.20 Å². The molecule has 0 spiro atoms. The Labute approximate surface area is 130 Å². The van der Waals surface area contributed by atoms with Crippen LogP contribution in [0.1, 0.15) is 17.5 Å². The molecule has 0 saturated carbocycles. The van der Waals surface area contributed by atoms with Crippen molar-refractivity contribution in [3.63, 3.8) is 0 Å². The normalized spacial score (nSPS) is 13.5. The zero-order valence-electron chi connectivity index (χ0n) is 11.2. The standard InChI is InChI=1S/C11H8F6N2O2S2/c1-2-23(20,21)6-3-7(10(12,13)14)19(5-6)9-18-4-8(22-9)11(15,16)17/h3-5H,2H2,1H3. The van der Waals surface area contributed by atoms with Gasteiger partial charge in [0.2, 0.25) is 0 Å². The van der Waals surface area contributed by atoms with Crippen LogP contribution in [0.3, 0.4) is 0 Å². The maximum absolute atomic E-state index is 13.0. The molecule has 0 bridgehead atoms. The molecule has 2 aromatic heterocycles. The smallest absolute Gasteiger partial charge is 0.287 e. The molecular formula is C11H8F6N2O2S2. The second-order valence-corrected chi connectivity index (χ2v) is 7.62. The minimum Gasteiger partial charge on any atom is -0.287 e. The fourth-order valence-electron chi connectivity index (χ4n) is 1.66. The van der Waals surface area contributed by atoms with Crippen LogP contribution in [-0.2, 0) is 22.2 Å². The van der Waals surface area contributed by atoms with Crippen molar-refractivity contribution in [3.8, 4) is 5.13 Å². The molecule has 0 aliphatic heterocycles. The summed E-state index contributed by atoms with van der Waals surface area (Å²) in [5, 5.41) is -0.623. The van der Waals surface area contributed by atoms with E-state index in [0.717, 1.165) is 0 Å². The quantitative estimate of drug-likeness (QED) is 0.764. The summed E-state index contributed by atoms with van der Waals surface area (Å²) in [5.41, 5.74) is -1.41. The second-order valence-electron chi connectivity index (χ2n) is 4.34. The minimum absolute atomic E-state index is 0.0132. The predicted octanol–water partition coefficient (Wildman–Crippen LogP) is 3.77. The first-order valence-corrected chi connectivity index (χ1v) is 8.39. The van der Waals surface area contributed by atoms with E-state index < -0.39 is 48.5 Å². The van der Waals surface area contributed by atoms with E-state index in [0.29, 0.717) is 23.0 Å². The van der Waals surface area contributed by atoms with E-state index in [4.69, 9.17) is 0 Å². The number of halogens is 6. The lowest BCUT2D eigenvalue weighted by molar-refractivity contribution is -0.142. The summed E-state index contributed by atoms with van der Waals surface area (Å²) in [5.74, 6) is -0.444. The van der Waals surface area contributed by atoms with Crippen LogP contribution in [0, 0.1) is 0 Å². The van der Waals surface area contributed by atoms with Crippen LogP contribution in [0.4, 0.5) is 26.3 Å². The molecule has 2 rings (SSSR count). The van der Waals surface area contributed by atoms with E-state index in [-0.39, 0.29) is 11.3 Å². The Morgan fingerprint density at radius 3 is 2.22 bits per heavy atom. The Hall–Kier alpha value is -1.56. The number of sulfone groups is 1. The first-order valence-electron chi connectivity index (χ1n) is 5.92. The molecule has 0 aromatic carbocycles. The van der Waals surface area contributed by atoms with Crippen molar-refractivity contribution < 1.29 is 34.8 Å². The lowest BCUT2D eigenvalue weighted by Crippen LogP contribution is -2.11. The Bertz CT molecular complexity index is 816. The van der Waals surface area contributed by atoms with Gasteiger partial charge < -0.3 is 0 Å². The molecule has 2 heterocycles. The highest BCUT2D eigenvalue weighted by Crippen LogP contribution is 2.38. The van der Waals surface area contributed by atoms with Gasteiger partial charge in [0.1, 0.15) is 10.6 Å². The van der Waals surface area contributed by atoms with Crippen molar-refractivity contribution in [3.05, 3.63) is 29.0 Å². The molecule has 0 saturated heterocycles. The van der Waals surface area contributed by atoms with Crippen LogP contribution < -0.4 is 0 Å². The van der Waals surface area contributed by atoms with Crippen LogP contribution in [-0.4, -0.2) is 23.7 Å². The fraction of sp³-hybridized carbons (Fsp3) is 0.364. The molecule has 0 aliphatic carbocycles. The first kappa shape index (κ1) is 17.8. The lowest BCUT2D eigenvalue weighted by Gasteiger charge is -2.08. The van der Waals surface area contributed by atoms with Gasteiger partial charge in [-0.05, 0) is 6.07 Å². The van der Waals surface area contributed by atoms with Gasteiger partial charge >= 0.3 is 12.4 Å². The zero-order chi connectivity index (χ0) is 17.6. The third kappa shape index (κ3) is 3.52. The maximum atomic E-state index is 13.0. The van der Waals surface area contributed by atoms with Crippen molar-refractivity contribution in [2.75, 3.05) is 5.75 Å². The van der Waals surface area contributed by atoms with Gasteiger partial charge in [0.15, 0.2) is 15.0 Å². The number of rotatable bonds is 3.